The topological polar surface area (TPSA) is 12.0 Å². The van der Waals surface area contributed by atoms with Gasteiger partial charge in [0.25, 0.3) is 0 Å². The van der Waals surface area contributed by atoms with Crippen molar-refractivity contribution in [2.75, 3.05) is 13.1 Å². The summed E-state index contributed by atoms with van der Waals surface area (Å²) >= 11 is 0. The van der Waals surface area contributed by atoms with Crippen molar-refractivity contribution in [2.24, 2.45) is 0 Å². The highest BCUT2D eigenvalue weighted by molar-refractivity contribution is 4.68. The second-order valence-corrected chi connectivity index (χ2v) is 2.83. The first-order valence-corrected chi connectivity index (χ1v) is 5.70. The monoisotopic (exact) mass is 185 g/mol. The largest absolute Gasteiger partial charge is 0.317 e. The smallest absolute Gasteiger partial charge is 0.00489 e. The molecule has 0 atom stereocenters. The van der Waals surface area contributed by atoms with Crippen LogP contribution < -0.4 is 5.32 Å². The lowest BCUT2D eigenvalue weighted by molar-refractivity contribution is 0.702. The van der Waals surface area contributed by atoms with Crippen molar-refractivity contribution in [1.82, 2.24) is 5.32 Å². The average Bonchev–Trinajstić information content (AvgIpc) is 2.53. The Bertz CT molecular complexity index is 63.5. The highest BCUT2D eigenvalue weighted by atomic mass is 14.8. The first-order chi connectivity index (χ1) is 6.41. The van der Waals surface area contributed by atoms with Gasteiger partial charge in [-0.1, -0.05) is 38.8 Å². The summed E-state index contributed by atoms with van der Waals surface area (Å²) in [6.07, 6.45) is 9.65. The summed E-state index contributed by atoms with van der Waals surface area (Å²) in [7, 11) is 0. The van der Waals surface area contributed by atoms with E-state index in [0.717, 1.165) is 0 Å². The van der Waals surface area contributed by atoms with Gasteiger partial charge in [-0.3, -0.25) is 0 Å². The molecule has 1 saturated heterocycles. The Hall–Kier alpha value is -0.300. The predicted octanol–water partition coefficient (Wildman–Crippen LogP) is 3.76. The summed E-state index contributed by atoms with van der Waals surface area (Å²) in [5.74, 6) is 0. The van der Waals surface area contributed by atoms with E-state index in [-0.39, 0.29) is 0 Å². The zero-order valence-corrected chi connectivity index (χ0v) is 9.90. The first kappa shape index (κ1) is 15.2. The summed E-state index contributed by atoms with van der Waals surface area (Å²) in [5, 5.41) is 3.35. The second kappa shape index (κ2) is 17.7. The van der Waals surface area contributed by atoms with Gasteiger partial charge in [0.15, 0.2) is 0 Å². The highest BCUT2D eigenvalue weighted by Crippen LogP contribution is 2.00. The maximum Gasteiger partial charge on any atom is -0.00489 e. The van der Waals surface area contributed by atoms with Gasteiger partial charge < -0.3 is 5.32 Å². The van der Waals surface area contributed by atoms with Crippen LogP contribution in [0.5, 0.6) is 0 Å². The number of hydrogen-bond acceptors (Lipinski definition) is 1. The van der Waals surface area contributed by atoms with E-state index in [9.17, 15) is 0 Å². The summed E-state index contributed by atoms with van der Waals surface area (Å²) in [4.78, 5) is 0. The number of allylic oxidation sites excluding steroid dienone is 2. The zero-order chi connectivity index (χ0) is 10.4. The van der Waals surface area contributed by atoms with Crippen LogP contribution in [0.2, 0.25) is 0 Å². The fraction of sp³-hybridized carbons (Fsp3) is 0.833. The number of nitrogens with one attached hydrogen (secondary N) is 1. The van der Waals surface area contributed by atoms with Crippen LogP contribution in [0.3, 0.4) is 0 Å². The fourth-order valence-corrected chi connectivity index (χ4v) is 0.979. The SMILES string of the molecule is C1CCCNCC1.CC.CC=CC. The minimum absolute atomic E-state index is 1.25. The molecule has 0 radical (unpaired) electrons. The van der Waals surface area contributed by atoms with E-state index < -0.39 is 0 Å². The minimum Gasteiger partial charge on any atom is -0.317 e. The molecule has 0 aromatic heterocycles. The molecule has 0 bridgehead atoms. The van der Waals surface area contributed by atoms with Crippen molar-refractivity contribution in [2.45, 2.75) is 53.4 Å². The Morgan fingerprint density at radius 3 is 1.46 bits per heavy atom. The van der Waals surface area contributed by atoms with E-state index in [1.54, 1.807) is 0 Å². The molecule has 1 rings (SSSR count). The van der Waals surface area contributed by atoms with Crippen LogP contribution in [0.1, 0.15) is 53.4 Å². The summed E-state index contributed by atoms with van der Waals surface area (Å²) in [6.45, 7) is 10.5. The fourth-order valence-electron chi connectivity index (χ4n) is 0.979. The predicted molar refractivity (Wildman–Crippen MR) is 63.2 cm³/mol. The molecule has 0 spiro atoms. The van der Waals surface area contributed by atoms with Gasteiger partial charge in [0.2, 0.25) is 0 Å². The quantitative estimate of drug-likeness (QED) is 0.567. The van der Waals surface area contributed by atoms with Gasteiger partial charge in [0, 0.05) is 0 Å². The van der Waals surface area contributed by atoms with Gasteiger partial charge in [0.05, 0.1) is 0 Å². The van der Waals surface area contributed by atoms with Crippen molar-refractivity contribution < 1.29 is 0 Å². The van der Waals surface area contributed by atoms with Crippen molar-refractivity contribution in [1.29, 1.82) is 0 Å². The molecule has 1 heterocycles. The molecular formula is C12H27N. The molecule has 0 aromatic rings. The van der Waals surface area contributed by atoms with Crippen LogP contribution in [-0.2, 0) is 0 Å². The third-order valence-corrected chi connectivity index (χ3v) is 1.79. The molecule has 80 valence electrons. The Balaban J connectivity index is 0. The molecule has 1 N–H and O–H groups in total. The molecule has 0 aromatic carbocycles. The van der Waals surface area contributed by atoms with Crippen molar-refractivity contribution >= 4 is 0 Å². The van der Waals surface area contributed by atoms with Crippen molar-refractivity contribution in [3.8, 4) is 0 Å². The number of hydrogen-bond donors (Lipinski definition) is 1. The van der Waals surface area contributed by atoms with E-state index in [4.69, 9.17) is 0 Å². The molecule has 1 nitrogen and oxygen atoms in total. The molecule has 1 aliphatic heterocycles. The van der Waals surface area contributed by atoms with Gasteiger partial charge in [-0.2, -0.15) is 0 Å². The normalized spacial score (nSPS) is 16.3. The summed E-state index contributed by atoms with van der Waals surface area (Å²) < 4.78 is 0. The van der Waals surface area contributed by atoms with E-state index in [1.165, 1.54) is 38.8 Å². The molecule has 0 amide bonds. The average molecular weight is 185 g/mol. The van der Waals surface area contributed by atoms with Gasteiger partial charge in [-0.05, 0) is 39.8 Å². The summed E-state index contributed by atoms with van der Waals surface area (Å²) in [5.41, 5.74) is 0. The molecule has 0 saturated carbocycles. The molecular weight excluding hydrogens is 158 g/mol. The Morgan fingerprint density at radius 2 is 1.15 bits per heavy atom. The third kappa shape index (κ3) is 18.6. The van der Waals surface area contributed by atoms with Crippen LogP contribution >= 0.6 is 0 Å². The lowest BCUT2D eigenvalue weighted by atomic mass is 10.2. The highest BCUT2D eigenvalue weighted by Gasteiger charge is 1.94. The summed E-state index contributed by atoms with van der Waals surface area (Å²) in [6, 6.07) is 0. The van der Waals surface area contributed by atoms with Gasteiger partial charge in [0.1, 0.15) is 0 Å². The Kier molecular flexibility index (Phi) is 20.7. The maximum atomic E-state index is 3.35. The first-order valence-electron chi connectivity index (χ1n) is 5.70. The van der Waals surface area contributed by atoms with E-state index >= 15 is 0 Å². The standard InChI is InChI=1S/C6H13N.C4H8.C2H6/c1-2-4-6-7-5-3-1;1-3-4-2;1-2/h7H,1-6H2;3-4H,1-2H3;1-2H3. The van der Waals surface area contributed by atoms with Crippen LogP contribution in [-0.4, -0.2) is 13.1 Å². The molecule has 13 heavy (non-hydrogen) atoms. The van der Waals surface area contributed by atoms with E-state index in [0.29, 0.717) is 0 Å². The van der Waals surface area contributed by atoms with Crippen LogP contribution in [0, 0.1) is 0 Å². The molecule has 1 fully saturated rings. The van der Waals surface area contributed by atoms with Gasteiger partial charge in [-0.25, -0.2) is 0 Å². The van der Waals surface area contributed by atoms with Gasteiger partial charge in [-0.15, -0.1) is 0 Å². The zero-order valence-electron chi connectivity index (χ0n) is 9.90. The van der Waals surface area contributed by atoms with Crippen LogP contribution in [0.15, 0.2) is 12.2 Å². The minimum atomic E-state index is 1.25. The van der Waals surface area contributed by atoms with Crippen molar-refractivity contribution in [3.05, 3.63) is 12.2 Å². The molecule has 0 aliphatic carbocycles. The Labute approximate surface area is 84.6 Å². The molecule has 0 unspecified atom stereocenters. The van der Waals surface area contributed by atoms with Crippen molar-refractivity contribution in [3.63, 3.8) is 0 Å². The lowest BCUT2D eigenvalue weighted by Crippen LogP contribution is -2.12. The molecule has 1 aliphatic rings. The Morgan fingerprint density at radius 1 is 0.769 bits per heavy atom. The molecule has 1 heteroatoms. The number of rotatable bonds is 0. The lowest BCUT2D eigenvalue weighted by Gasteiger charge is -1.91. The van der Waals surface area contributed by atoms with Gasteiger partial charge >= 0.3 is 0 Å². The second-order valence-electron chi connectivity index (χ2n) is 2.83. The van der Waals surface area contributed by atoms with Crippen LogP contribution in [0.4, 0.5) is 0 Å². The third-order valence-electron chi connectivity index (χ3n) is 1.79. The van der Waals surface area contributed by atoms with E-state index in [2.05, 4.69) is 5.32 Å². The maximum absolute atomic E-state index is 3.35. The van der Waals surface area contributed by atoms with E-state index in [1.807, 2.05) is 39.8 Å². The van der Waals surface area contributed by atoms with Crippen LogP contribution in [0.25, 0.3) is 0 Å².